The van der Waals surface area contributed by atoms with Crippen molar-refractivity contribution in [3.63, 3.8) is 0 Å². The summed E-state index contributed by atoms with van der Waals surface area (Å²) in [5.41, 5.74) is 0.415. The molecular formula is C32H37O2S2+. The Morgan fingerprint density at radius 2 is 1.42 bits per heavy atom. The fourth-order valence-electron chi connectivity index (χ4n) is 3.88. The van der Waals surface area contributed by atoms with Crippen LogP contribution in [0.15, 0.2) is 126 Å². The summed E-state index contributed by atoms with van der Waals surface area (Å²) in [5.74, 6) is 1.10. The highest BCUT2D eigenvalue weighted by Gasteiger charge is 2.32. The molecule has 0 aliphatic carbocycles. The zero-order valence-corrected chi connectivity index (χ0v) is 23.1. The molecule has 1 aromatic heterocycles. The van der Waals surface area contributed by atoms with Crippen molar-refractivity contribution in [1.82, 2.24) is 0 Å². The summed E-state index contributed by atoms with van der Waals surface area (Å²) in [6, 6.07) is 28.7. The van der Waals surface area contributed by atoms with Gasteiger partial charge in [0.15, 0.2) is 9.79 Å². The molecule has 0 amide bonds. The van der Waals surface area contributed by atoms with Crippen LogP contribution in [0.25, 0.3) is 11.0 Å². The molecule has 0 saturated carbocycles. The van der Waals surface area contributed by atoms with E-state index in [-0.39, 0.29) is 5.63 Å². The van der Waals surface area contributed by atoms with Crippen LogP contribution in [0.1, 0.15) is 52.4 Å². The molecule has 0 N–H and O–H groups in total. The zero-order chi connectivity index (χ0) is 25.6. The van der Waals surface area contributed by atoms with Crippen LogP contribution in [0.5, 0.6) is 0 Å². The Bertz CT molecular complexity index is 1210. The number of rotatable bonds is 11. The van der Waals surface area contributed by atoms with Crippen LogP contribution in [0.4, 0.5) is 0 Å². The molecule has 36 heavy (non-hydrogen) atoms. The summed E-state index contributed by atoms with van der Waals surface area (Å²) < 4.78 is 5.87. The second-order valence-corrected chi connectivity index (χ2v) is 11.7. The number of fused-ring (bicyclic) bond motifs is 1. The summed E-state index contributed by atoms with van der Waals surface area (Å²) in [6.07, 6.45) is 9.57. The van der Waals surface area contributed by atoms with Gasteiger partial charge in [-0.1, -0.05) is 81.5 Å². The third-order valence-electron chi connectivity index (χ3n) is 5.62. The van der Waals surface area contributed by atoms with E-state index in [0.29, 0.717) is 10.5 Å². The monoisotopic (exact) mass is 517 g/mol. The van der Waals surface area contributed by atoms with E-state index in [0.717, 1.165) is 25.8 Å². The van der Waals surface area contributed by atoms with Gasteiger partial charge in [0.1, 0.15) is 16.5 Å². The van der Waals surface area contributed by atoms with Crippen LogP contribution >= 0.6 is 11.8 Å². The van der Waals surface area contributed by atoms with Crippen LogP contribution < -0.4 is 5.63 Å². The molecule has 0 aliphatic heterocycles. The first-order valence-electron chi connectivity index (χ1n) is 12.8. The highest BCUT2D eigenvalue weighted by Crippen LogP contribution is 2.32. The second kappa shape index (κ2) is 15.4. The number of benzene rings is 3. The molecule has 0 fully saturated rings. The van der Waals surface area contributed by atoms with Crippen molar-refractivity contribution >= 4 is 33.6 Å². The molecule has 0 unspecified atom stereocenters. The Labute approximate surface area is 223 Å². The predicted molar refractivity (Wildman–Crippen MR) is 158 cm³/mol. The molecule has 0 spiro atoms. The highest BCUT2D eigenvalue weighted by atomic mass is 32.2. The van der Waals surface area contributed by atoms with Gasteiger partial charge in [0.05, 0.1) is 0 Å². The molecule has 4 rings (SSSR count). The Hall–Kier alpha value is -2.69. The van der Waals surface area contributed by atoms with Crippen LogP contribution in [0.3, 0.4) is 0 Å². The minimum Gasteiger partial charge on any atom is -0.419 e. The number of thioether (sulfide) groups is 1. The Morgan fingerprint density at radius 3 is 2.03 bits per heavy atom. The maximum atomic E-state index is 13.2. The lowest BCUT2D eigenvalue weighted by Crippen LogP contribution is -2.15. The number of hydrogen-bond donors (Lipinski definition) is 0. The van der Waals surface area contributed by atoms with Gasteiger partial charge in [0.2, 0.25) is 0 Å². The van der Waals surface area contributed by atoms with E-state index in [1.807, 2.05) is 67.2 Å². The molecule has 188 valence electrons. The predicted octanol–water partition coefficient (Wildman–Crippen LogP) is 9.53. The van der Waals surface area contributed by atoms with Crippen LogP contribution in [0, 0.1) is 0 Å². The SMILES string of the molecule is C=CC.CCCCCCCCSc1ccc2cc([S+](c3ccccc3)c3ccccc3)c(=O)oc2c1. The molecule has 1 heterocycles. The lowest BCUT2D eigenvalue weighted by molar-refractivity contribution is 0.542. The number of unbranched alkanes of at least 4 members (excludes halogenated alkanes) is 5. The molecule has 2 nitrogen and oxygen atoms in total. The normalized spacial score (nSPS) is 10.8. The summed E-state index contributed by atoms with van der Waals surface area (Å²) in [4.78, 5) is 17.2. The third-order valence-corrected chi connectivity index (χ3v) is 8.91. The van der Waals surface area contributed by atoms with Gasteiger partial charge < -0.3 is 4.42 Å². The van der Waals surface area contributed by atoms with E-state index in [1.165, 1.54) is 38.5 Å². The third kappa shape index (κ3) is 8.18. The Kier molecular flexibility index (Phi) is 12.0. The fraction of sp³-hybridized carbons (Fsp3) is 0.281. The molecule has 0 aliphatic rings. The zero-order valence-electron chi connectivity index (χ0n) is 21.5. The van der Waals surface area contributed by atoms with Crippen LogP contribution in [-0.4, -0.2) is 5.75 Å². The first kappa shape index (κ1) is 27.9. The lowest BCUT2D eigenvalue weighted by atomic mass is 10.1. The van der Waals surface area contributed by atoms with Crippen molar-refractivity contribution in [3.05, 3.63) is 108 Å². The lowest BCUT2D eigenvalue weighted by Gasteiger charge is -2.08. The Morgan fingerprint density at radius 1 is 0.833 bits per heavy atom. The van der Waals surface area contributed by atoms with Crippen molar-refractivity contribution in [1.29, 1.82) is 0 Å². The molecule has 4 aromatic rings. The minimum absolute atomic E-state index is 0.253. The molecular weight excluding hydrogens is 480 g/mol. The van der Waals surface area contributed by atoms with Gasteiger partial charge in [-0.3, -0.25) is 0 Å². The first-order valence-corrected chi connectivity index (χ1v) is 15.0. The number of hydrogen-bond acceptors (Lipinski definition) is 3. The van der Waals surface area contributed by atoms with E-state index < -0.39 is 10.9 Å². The van der Waals surface area contributed by atoms with E-state index in [9.17, 15) is 4.79 Å². The standard InChI is InChI=1S/C29H31O2S2.C3H6/c1-2-3-4-5-6-13-20-32-24-19-18-23-21-28(29(30)31-27(23)22-24)33(25-14-9-7-10-15-25)26-16-11-8-12-17-26;1-3-2/h7-12,14-19,21-22H,2-6,13,20H2,1H3;3H,1H2,2H3/q+1;. The average Bonchev–Trinajstić information content (AvgIpc) is 2.90. The van der Waals surface area contributed by atoms with Crippen molar-refractivity contribution in [3.8, 4) is 0 Å². The summed E-state index contributed by atoms with van der Waals surface area (Å²) in [5, 5.41) is 0.970. The summed E-state index contributed by atoms with van der Waals surface area (Å²) in [6.45, 7) is 7.50. The van der Waals surface area contributed by atoms with E-state index in [2.05, 4.69) is 49.9 Å². The van der Waals surface area contributed by atoms with Crippen LogP contribution in [0.2, 0.25) is 0 Å². The second-order valence-electron chi connectivity index (χ2n) is 8.55. The highest BCUT2D eigenvalue weighted by molar-refractivity contribution is 7.99. The largest absolute Gasteiger partial charge is 0.419 e. The van der Waals surface area contributed by atoms with Gasteiger partial charge in [-0.05, 0) is 61.6 Å². The van der Waals surface area contributed by atoms with Gasteiger partial charge in [-0.2, -0.15) is 0 Å². The molecule has 0 bridgehead atoms. The van der Waals surface area contributed by atoms with Gasteiger partial charge >= 0.3 is 5.63 Å². The molecule has 0 radical (unpaired) electrons. The smallest absolute Gasteiger partial charge is 0.393 e. The van der Waals surface area contributed by atoms with Crippen molar-refractivity contribution in [2.45, 2.75) is 72.0 Å². The van der Waals surface area contributed by atoms with Gasteiger partial charge in [-0.15, -0.1) is 18.3 Å². The maximum absolute atomic E-state index is 13.2. The Balaban J connectivity index is 0.00000115. The van der Waals surface area contributed by atoms with Crippen molar-refractivity contribution in [2.24, 2.45) is 0 Å². The van der Waals surface area contributed by atoms with Crippen molar-refractivity contribution in [2.75, 3.05) is 5.75 Å². The van der Waals surface area contributed by atoms with Gasteiger partial charge in [0, 0.05) is 16.3 Å². The van der Waals surface area contributed by atoms with E-state index in [1.54, 1.807) is 6.08 Å². The average molecular weight is 518 g/mol. The quantitative estimate of drug-likeness (QED) is 0.0652. The first-order chi connectivity index (χ1) is 17.7. The van der Waals surface area contributed by atoms with E-state index in [4.69, 9.17) is 4.42 Å². The van der Waals surface area contributed by atoms with Gasteiger partial charge in [0.25, 0.3) is 4.90 Å². The molecule has 0 saturated heterocycles. The van der Waals surface area contributed by atoms with Crippen molar-refractivity contribution < 1.29 is 4.42 Å². The maximum Gasteiger partial charge on any atom is 0.393 e. The van der Waals surface area contributed by atoms with Gasteiger partial charge in [-0.25, -0.2) is 4.79 Å². The summed E-state index contributed by atoms with van der Waals surface area (Å²) in [7, 11) is -0.509. The molecule has 3 aromatic carbocycles. The minimum atomic E-state index is -0.509. The van der Waals surface area contributed by atoms with E-state index >= 15 is 0 Å². The number of allylic oxidation sites excluding steroid dienone is 1. The van der Waals surface area contributed by atoms with Crippen LogP contribution in [-0.2, 0) is 10.9 Å². The molecule has 0 atom stereocenters. The topological polar surface area (TPSA) is 30.2 Å². The molecule has 4 heteroatoms. The summed E-state index contributed by atoms with van der Waals surface area (Å²) >= 11 is 1.85. The fourth-order valence-corrected chi connectivity index (χ4v) is 6.91.